The van der Waals surface area contributed by atoms with Gasteiger partial charge in [0.05, 0.1) is 4.90 Å². The molecule has 0 saturated carbocycles. The highest BCUT2D eigenvalue weighted by Gasteiger charge is 2.21. The number of benzene rings is 1. The van der Waals surface area contributed by atoms with Gasteiger partial charge in [-0.25, -0.2) is 8.42 Å². The second-order valence-corrected chi connectivity index (χ2v) is 7.77. The Kier molecular flexibility index (Phi) is 3.78. The van der Waals surface area contributed by atoms with E-state index in [1.165, 1.54) is 11.3 Å². The molecule has 4 nitrogen and oxygen atoms in total. The SMILES string of the molecule is O=S(=O)(c1ccccc1)c1cc(N2CCNCC2)cs1. The fourth-order valence-electron chi connectivity index (χ4n) is 2.25. The van der Waals surface area contributed by atoms with Crippen LogP contribution in [0.5, 0.6) is 0 Å². The summed E-state index contributed by atoms with van der Waals surface area (Å²) in [6, 6.07) is 10.4. The van der Waals surface area contributed by atoms with E-state index in [0.717, 1.165) is 31.9 Å². The average molecular weight is 308 g/mol. The molecule has 1 saturated heterocycles. The van der Waals surface area contributed by atoms with Gasteiger partial charge in [-0.15, -0.1) is 11.3 Å². The lowest BCUT2D eigenvalue weighted by Gasteiger charge is -2.28. The van der Waals surface area contributed by atoms with Crippen LogP contribution in [0.15, 0.2) is 50.9 Å². The summed E-state index contributed by atoms with van der Waals surface area (Å²) in [4.78, 5) is 2.57. The van der Waals surface area contributed by atoms with Crippen LogP contribution in [-0.2, 0) is 9.84 Å². The molecule has 1 aliphatic rings. The van der Waals surface area contributed by atoms with E-state index in [1.54, 1.807) is 30.3 Å². The van der Waals surface area contributed by atoms with Crippen LogP contribution >= 0.6 is 11.3 Å². The first-order valence-electron chi connectivity index (χ1n) is 6.52. The Morgan fingerprint density at radius 3 is 2.50 bits per heavy atom. The van der Waals surface area contributed by atoms with Crippen molar-refractivity contribution in [3.05, 3.63) is 41.8 Å². The Bertz CT molecular complexity index is 674. The number of hydrogen-bond acceptors (Lipinski definition) is 5. The zero-order valence-electron chi connectivity index (χ0n) is 11.0. The molecule has 6 heteroatoms. The van der Waals surface area contributed by atoms with E-state index in [1.807, 2.05) is 11.4 Å². The summed E-state index contributed by atoms with van der Waals surface area (Å²) in [7, 11) is -3.38. The minimum absolute atomic E-state index is 0.355. The highest BCUT2D eigenvalue weighted by Crippen LogP contribution is 2.31. The van der Waals surface area contributed by atoms with Crippen molar-refractivity contribution in [2.45, 2.75) is 9.10 Å². The third-order valence-electron chi connectivity index (χ3n) is 3.36. The number of nitrogens with one attached hydrogen (secondary N) is 1. The minimum Gasteiger partial charge on any atom is -0.368 e. The van der Waals surface area contributed by atoms with E-state index in [0.29, 0.717) is 9.10 Å². The Labute approximate surface area is 123 Å². The molecule has 20 heavy (non-hydrogen) atoms. The predicted molar refractivity (Wildman–Crippen MR) is 81.3 cm³/mol. The summed E-state index contributed by atoms with van der Waals surface area (Å²) < 4.78 is 25.4. The van der Waals surface area contributed by atoms with Crippen LogP contribution in [0, 0.1) is 0 Å². The van der Waals surface area contributed by atoms with Crippen LogP contribution in [0.25, 0.3) is 0 Å². The third-order valence-corrected chi connectivity index (χ3v) is 6.56. The van der Waals surface area contributed by atoms with Gasteiger partial charge in [0.25, 0.3) is 0 Å². The van der Waals surface area contributed by atoms with Crippen molar-refractivity contribution in [2.75, 3.05) is 31.1 Å². The number of hydrogen-bond donors (Lipinski definition) is 1. The number of thiophene rings is 1. The van der Waals surface area contributed by atoms with Gasteiger partial charge in [0.15, 0.2) is 0 Å². The van der Waals surface area contributed by atoms with Crippen LogP contribution in [0.3, 0.4) is 0 Å². The van der Waals surface area contributed by atoms with E-state index in [9.17, 15) is 8.42 Å². The van der Waals surface area contributed by atoms with Gasteiger partial charge >= 0.3 is 0 Å². The summed E-state index contributed by atoms with van der Waals surface area (Å²) in [6.45, 7) is 3.72. The fourth-order valence-corrected chi connectivity index (χ4v) is 4.86. The first kappa shape index (κ1) is 13.6. The fraction of sp³-hybridized carbons (Fsp3) is 0.286. The van der Waals surface area contributed by atoms with E-state index in [4.69, 9.17) is 0 Å². The molecule has 106 valence electrons. The van der Waals surface area contributed by atoms with Gasteiger partial charge in [-0.2, -0.15) is 0 Å². The van der Waals surface area contributed by atoms with Crippen molar-refractivity contribution in [3.63, 3.8) is 0 Å². The molecule has 0 aliphatic carbocycles. The third kappa shape index (κ3) is 2.59. The first-order valence-corrected chi connectivity index (χ1v) is 8.88. The number of rotatable bonds is 3. The molecule has 0 unspecified atom stereocenters. The molecule has 2 aromatic rings. The second-order valence-electron chi connectivity index (χ2n) is 4.68. The Hall–Kier alpha value is -1.37. The lowest BCUT2D eigenvalue weighted by molar-refractivity contribution is 0.589. The van der Waals surface area contributed by atoms with Crippen LogP contribution in [-0.4, -0.2) is 34.6 Å². The molecule has 0 atom stereocenters. The molecule has 1 aliphatic heterocycles. The Morgan fingerprint density at radius 2 is 1.80 bits per heavy atom. The predicted octanol–water partition coefficient (Wildman–Crippen LogP) is 1.99. The zero-order valence-corrected chi connectivity index (χ0v) is 12.6. The maximum atomic E-state index is 12.5. The van der Waals surface area contributed by atoms with E-state index in [2.05, 4.69) is 10.2 Å². The maximum Gasteiger partial charge on any atom is 0.216 e. The molecule has 1 N–H and O–H groups in total. The summed E-state index contributed by atoms with van der Waals surface area (Å²) in [5.74, 6) is 0. The quantitative estimate of drug-likeness (QED) is 0.942. The minimum atomic E-state index is -3.38. The van der Waals surface area contributed by atoms with Crippen molar-refractivity contribution < 1.29 is 8.42 Å². The Balaban J connectivity index is 1.90. The second kappa shape index (κ2) is 5.55. The van der Waals surface area contributed by atoms with Gasteiger partial charge in [-0.3, -0.25) is 0 Å². The molecule has 0 amide bonds. The van der Waals surface area contributed by atoms with Gasteiger partial charge in [0, 0.05) is 37.2 Å². The van der Waals surface area contributed by atoms with E-state index < -0.39 is 9.84 Å². The highest BCUT2D eigenvalue weighted by atomic mass is 32.2. The smallest absolute Gasteiger partial charge is 0.216 e. The van der Waals surface area contributed by atoms with Crippen LogP contribution in [0.2, 0.25) is 0 Å². The highest BCUT2D eigenvalue weighted by molar-refractivity contribution is 7.93. The van der Waals surface area contributed by atoms with Crippen molar-refractivity contribution >= 4 is 26.9 Å². The standard InChI is InChI=1S/C14H16N2O2S2/c17-20(18,13-4-2-1-3-5-13)14-10-12(11-19-14)16-8-6-15-7-9-16/h1-5,10-11,15H,6-9H2. The molecule has 1 aromatic carbocycles. The Morgan fingerprint density at radius 1 is 1.10 bits per heavy atom. The van der Waals surface area contributed by atoms with E-state index >= 15 is 0 Å². The molecule has 0 spiro atoms. The number of sulfone groups is 1. The molecule has 1 aromatic heterocycles. The summed E-state index contributed by atoms with van der Waals surface area (Å²) in [5.41, 5.74) is 1.01. The van der Waals surface area contributed by atoms with E-state index in [-0.39, 0.29) is 0 Å². The summed E-state index contributed by atoms with van der Waals surface area (Å²) in [6.07, 6.45) is 0. The van der Waals surface area contributed by atoms with Crippen molar-refractivity contribution in [2.24, 2.45) is 0 Å². The molecular formula is C14H16N2O2S2. The van der Waals surface area contributed by atoms with Crippen LogP contribution in [0.4, 0.5) is 5.69 Å². The van der Waals surface area contributed by atoms with Crippen molar-refractivity contribution in [1.82, 2.24) is 5.32 Å². The number of anilines is 1. The first-order chi connectivity index (χ1) is 9.68. The van der Waals surface area contributed by atoms with Gasteiger partial charge in [0.1, 0.15) is 4.21 Å². The summed E-state index contributed by atoms with van der Waals surface area (Å²) in [5, 5.41) is 5.22. The zero-order chi connectivity index (χ0) is 14.0. The van der Waals surface area contributed by atoms with Gasteiger partial charge < -0.3 is 10.2 Å². The molecule has 0 radical (unpaired) electrons. The van der Waals surface area contributed by atoms with Gasteiger partial charge in [0.2, 0.25) is 9.84 Å². The summed E-state index contributed by atoms with van der Waals surface area (Å²) >= 11 is 1.29. The topological polar surface area (TPSA) is 49.4 Å². The monoisotopic (exact) mass is 308 g/mol. The molecule has 1 fully saturated rings. The maximum absolute atomic E-state index is 12.5. The lowest BCUT2D eigenvalue weighted by atomic mass is 10.3. The number of nitrogens with zero attached hydrogens (tertiary/aromatic N) is 1. The molecule has 2 heterocycles. The lowest BCUT2D eigenvalue weighted by Crippen LogP contribution is -2.43. The largest absolute Gasteiger partial charge is 0.368 e. The number of piperazine rings is 1. The molecular weight excluding hydrogens is 292 g/mol. The molecule has 0 bridgehead atoms. The average Bonchev–Trinajstić information content (AvgIpc) is 3.00. The molecule has 3 rings (SSSR count). The van der Waals surface area contributed by atoms with Crippen molar-refractivity contribution in [1.29, 1.82) is 0 Å². The van der Waals surface area contributed by atoms with Crippen molar-refractivity contribution in [3.8, 4) is 0 Å². The van der Waals surface area contributed by atoms with Gasteiger partial charge in [-0.1, -0.05) is 18.2 Å². The van der Waals surface area contributed by atoms with Crippen LogP contribution in [0.1, 0.15) is 0 Å². The normalized spacial score (nSPS) is 16.3. The van der Waals surface area contributed by atoms with Crippen LogP contribution < -0.4 is 10.2 Å². The van der Waals surface area contributed by atoms with Gasteiger partial charge in [-0.05, 0) is 18.2 Å².